The Morgan fingerprint density at radius 2 is 1.96 bits per heavy atom. The number of aliphatic hydroxyl groups is 1. The van der Waals surface area contributed by atoms with Crippen molar-refractivity contribution in [1.82, 2.24) is 10.2 Å². The lowest BCUT2D eigenvalue weighted by molar-refractivity contribution is -0.137. The molecule has 0 saturated heterocycles. The molecule has 1 spiro atoms. The number of nitrogens with zero attached hydrogens (tertiary/aromatic N) is 1. The second kappa shape index (κ2) is 5.92. The molecule has 152 valence electrons. The minimum absolute atomic E-state index is 0.0128. The van der Waals surface area contributed by atoms with Gasteiger partial charge in [0.25, 0.3) is 5.91 Å². The third-order valence-corrected chi connectivity index (χ3v) is 5.93. The van der Waals surface area contributed by atoms with Gasteiger partial charge in [0.05, 0.1) is 17.7 Å². The van der Waals surface area contributed by atoms with Crippen LogP contribution in [0, 0.1) is 0 Å². The summed E-state index contributed by atoms with van der Waals surface area (Å²) in [7, 11) is 0. The summed E-state index contributed by atoms with van der Waals surface area (Å²) >= 11 is 0. The molecule has 1 aliphatic heterocycles. The van der Waals surface area contributed by atoms with E-state index in [4.69, 9.17) is 0 Å². The van der Waals surface area contributed by atoms with Crippen molar-refractivity contribution in [2.75, 3.05) is 13.1 Å². The van der Waals surface area contributed by atoms with Gasteiger partial charge in [-0.25, -0.2) is 4.39 Å². The summed E-state index contributed by atoms with van der Waals surface area (Å²) in [6.07, 6.45) is -5.09. The molecule has 2 aliphatic carbocycles. The van der Waals surface area contributed by atoms with Crippen molar-refractivity contribution in [2.45, 2.75) is 55.6 Å². The lowest BCUT2D eigenvalue weighted by atomic mass is 9.77. The van der Waals surface area contributed by atoms with E-state index >= 15 is 0 Å². The number of carbonyl (C=O) groups excluding carboxylic acids is 2. The summed E-state index contributed by atoms with van der Waals surface area (Å²) in [5.41, 5.74) is -2.82. The van der Waals surface area contributed by atoms with Crippen molar-refractivity contribution in [2.24, 2.45) is 0 Å². The van der Waals surface area contributed by atoms with Crippen LogP contribution in [-0.2, 0) is 16.4 Å². The summed E-state index contributed by atoms with van der Waals surface area (Å²) in [6.45, 7) is 1.23. The Morgan fingerprint density at radius 3 is 2.50 bits per heavy atom. The summed E-state index contributed by atoms with van der Waals surface area (Å²) in [6, 6.07) is 2.55. The standard InChI is InChI=1S/C19H20F4N2O3/c1-17(28)5-11(6-17)24-15(26)8-25-9-18(7-14(18)20)13-4-10(19(21,22)23)2-3-12(13)16(25)27/h2-4,11,14,28H,5-9H2,1H3,(H,24,26)/t11?,14-,17?,18+/m1/s1. The first-order valence-corrected chi connectivity index (χ1v) is 9.08. The minimum Gasteiger partial charge on any atom is -0.390 e. The van der Waals surface area contributed by atoms with Crippen LogP contribution in [0.3, 0.4) is 0 Å². The fourth-order valence-electron chi connectivity index (χ4n) is 4.37. The van der Waals surface area contributed by atoms with Crippen LogP contribution >= 0.6 is 0 Å². The van der Waals surface area contributed by atoms with Crippen molar-refractivity contribution >= 4 is 11.8 Å². The van der Waals surface area contributed by atoms with E-state index in [0.29, 0.717) is 12.8 Å². The highest BCUT2D eigenvalue weighted by atomic mass is 19.4. The number of nitrogens with one attached hydrogen (secondary N) is 1. The van der Waals surface area contributed by atoms with Crippen LogP contribution in [0.25, 0.3) is 0 Å². The van der Waals surface area contributed by atoms with E-state index < -0.39 is 40.7 Å². The highest BCUT2D eigenvalue weighted by Crippen LogP contribution is 2.55. The van der Waals surface area contributed by atoms with Crippen molar-refractivity contribution in [3.63, 3.8) is 0 Å². The third-order valence-electron chi connectivity index (χ3n) is 5.93. The smallest absolute Gasteiger partial charge is 0.390 e. The molecule has 1 aromatic carbocycles. The number of alkyl halides is 4. The van der Waals surface area contributed by atoms with Crippen LogP contribution in [0.15, 0.2) is 18.2 Å². The number of hydrogen-bond donors (Lipinski definition) is 2. The van der Waals surface area contributed by atoms with Gasteiger partial charge in [-0.3, -0.25) is 9.59 Å². The number of amides is 2. The molecule has 2 saturated carbocycles. The quantitative estimate of drug-likeness (QED) is 0.765. The van der Waals surface area contributed by atoms with Crippen molar-refractivity contribution < 1.29 is 32.3 Å². The molecule has 0 aromatic heterocycles. The summed E-state index contributed by atoms with van der Waals surface area (Å²) in [5, 5.41) is 12.4. The zero-order chi connectivity index (χ0) is 20.5. The Bertz CT molecular complexity index is 846. The average molecular weight is 400 g/mol. The molecule has 2 N–H and O–H groups in total. The van der Waals surface area contributed by atoms with Gasteiger partial charge in [-0.1, -0.05) is 0 Å². The van der Waals surface area contributed by atoms with Gasteiger partial charge in [0.2, 0.25) is 5.91 Å². The molecular weight excluding hydrogens is 380 g/mol. The van der Waals surface area contributed by atoms with E-state index in [1.807, 2.05) is 0 Å². The molecule has 28 heavy (non-hydrogen) atoms. The number of carbonyl (C=O) groups is 2. The Hall–Kier alpha value is -2.16. The molecule has 1 aromatic rings. The first-order chi connectivity index (χ1) is 12.9. The van der Waals surface area contributed by atoms with Crippen molar-refractivity contribution in [3.05, 3.63) is 34.9 Å². The maximum atomic E-state index is 14.2. The van der Waals surface area contributed by atoms with Gasteiger partial charge < -0.3 is 15.3 Å². The van der Waals surface area contributed by atoms with Crippen LogP contribution in [0.1, 0.15) is 47.7 Å². The fourth-order valence-corrected chi connectivity index (χ4v) is 4.37. The number of hydrogen-bond acceptors (Lipinski definition) is 3. The van der Waals surface area contributed by atoms with E-state index in [1.54, 1.807) is 6.92 Å². The summed E-state index contributed by atoms with van der Waals surface area (Å²) in [4.78, 5) is 26.2. The first kappa shape index (κ1) is 19.2. The topological polar surface area (TPSA) is 69.6 Å². The predicted octanol–water partition coefficient (Wildman–Crippen LogP) is 2.17. The van der Waals surface area contributed by atoms with Crippen molar-refractivity contribution in [3.8, 4) is 0 Å². The van der Waals surface area contributed by atoms with E-state index in [0.717, 1.165) is 18.2 Å². The highest BCUT2D eigenvalue weighted by molar-refractivity contribution is 6.00. The minimum atomic E-state index is -4.58. The van der Waals surface area contributed by atoms with Crippen LogP contribution in [0.2, 0.25) is 0 Å². The number of halogens is 4. The average Bonchev–Trinajstić information content (AvgIpc) is 3.19. The molecular formula is C19H20F4N2O3. The van der Waals surface area contributed by atoms with Gasteiger partial charge in [0, 0.05) is 23.6 Å². The maximum absolute atomic E-state index is 14.2. The molecule has 2 fully saturated rings. The molecule has 0 radical (unpaired) electrons. The molecule has 3 aliphatic rings. The Labute approximate surface area is 158 Å². The molecule has 2 atom stereocenters. The normalized spacial score (nSPS) is 34.1. The van der Waals surface area contributed by atoms with E-state index in [9.17, 15) is 32.3 Å². The molecule has 5 nitrogen and oxygen atoms in total. The zero-order valence-corrected chi connectivity index (χ0v) is 15.1. The van der Waals surface area contributed by atoms with Crippen molar-refractivity contribution in [1.29, 1.82) is 0 Å². The maximum Gasteiger partial charge on any atom is 0.416 e. The number of benzene rings is 1. The van der Waals surface area contributed by atoms with E-state index in [1.165, 1.54) is 4.90 Å². The molecule has 1 heterocycles. The molecule has 0 bridgehead atoms. The molecule has 4 rings (SSSR count). The Balaban J connectivity index is 1.53. The number of rotatable bonds is 3. The zero-order valence-electron chi connectivity index (χ0n) is 15.1. The number of fused-ring (bicyclic) bond motifs is 2. The molecule has 0 unspecified atom stereocenters. The van der Waals surface area contributed by atoms with Crippen LogP contribution in [0.4, 0.5) is 17.6 Å². The van der Waals surface area contributed by atoms with Crippen LogP contribution in [0.5, 0.6) is 0 Å². The van der Waals surface area contributed by atoms with Crippen LogP contribution in [-0.4, -0.2) is 52.7 Å². The van der Waals surface area contributed by atoms with Gasteiger partial charge in [0.15, 0.2) is 0 Å². The lowest BCUT2D eigenvalue weighted by Crippen LogP contribution is -2.56. The van der Waals surface area contributed by atoms with Crippen LogP contribution < -0.4 is 5.32 Å². The van der Waals surface area contributed by atoms with Gasteiger partial charge in [-0.15, -0.1) is 0 Å². The third kappa shape index (κ3) is 3.15. The lowest BCUT2D eigenvalue weighted by Gasteiger charge is -2.41. The fraction of sp³-hybridized carbons (Fsp3) is 0.579. The second-order valence-corrected chi connectivity index (χ2v) is 8.42. The first-order valence-electron chi connectivity index (χ1n) is 9.08. The van der Waals surface area contributed by atoms with E-state index in [-0.39, 0.29) is 36.7 Å². The van der Waals surface area contributed by atoms with Gasteiger partial charge >= 0.3 is 6.18 Å². The summed E-state index contributed by atoms with van der Waals surface area (Å²) < 4.78 is 53.3. The Morgan fingerprint density at radius 1 is 1.32 bits per heavy atom. The largest absolute Gasteiger partial charge is 0.416 e. The monoisotopic (exact) mass is 400 g/mol. The van der Waals surface area contributed by atoms with Gasteiger partial charge in [-0.05, 0) is 49.9 Å². The van der Waals surface area contributed by atoms with Gasteiger partial charge in [-0.2, -0.15) is 13.2 Å². The summed E-state index contributed by atoms with van der Waals surface area (Å²) in [5.74, 6) is -1.01. The highest BCUT2D eigenvalue weighted by Gasteiger charge is 2.61. The Kier molecular flexibility index (Phi) is 4.05. The molecule has 9 heteroatoms. The van der Waals surface area contributed by atoms with E-state index in [2.05, 4.69) is 5.32 Å². The SMILES string of the molecule is CC1(O)CC(NC(=O)CN2C[C@@]3(C[C@H]3F)c3cc(C(F)(F)F)ccc3C2=O)C1. The van der Waals surface area contributed by atoms with Gasteiger partial charge in [0.1, 0.15) is 6.17 Å². The predicted molar refractivity (Wildman–Crippen MR) is 90.3 cm³/mol. The second-order valence-electron chi connectivity index (χ2n) is 8.42. The molecule has 2 amide bonds.